The summed E-state index contributed by atoms with van der Waals surface area (Å²) in [6, 6.07) is 8.81. The molecule has 2 heterocycles. The largest absolute Gasteiger partial charge is 0.508 e. The molecule has 0 spiro atoms. The van der Waals surface area contributed by atoms with Gasteiger partial charge in [0, 0.05) is 17.7 Å². The van der Waals surface area contributed by atoms with Gasteiger partial charge in [0.2, 0.25) is 17.5 Å². The van der Waals surface area contributed by atoms with Crippen molar-refractivity contribution < 1.29 is 69.4 Å². The summed E-state index contributed by atoms with van der Waals surface area (Å²) in [7, 11) is 0. The van der Waals surface area contributed by atoms with E-state index in [1.807, 2.05) is 0 Å². The van der Waals surface area contributed by atoms with E-state index < -0.39 is 88.6 Å². The summed E-state index contributed by atoms with van der Waals surface area (Å²) in [5.74, 6) is -5.74. The number of hydrogen-bond donors (Lipinski definition) is 9. The molecule has 15 nitrogen and oxygen atoms in total. The highest BCUT2D eigenvalue weighted by Gasteiger charge is 2.46. The van der Waals surface area contributed by atoms with E-state index in [9.17, 15) is 55.5 Å². The number of aliphatic hydroxyl groups excluding tert-OH is 3. The van der Waals surface area contributed by atoms with E-state index in [1.54, 1.807) is 0 Å². The molecule has 0 amide bonds. The lowest BCUT2D eigenvalue weighted by Crippen LogP contribution is -2.60. The molecule has 0 aliphatic carbocycles. The van der Waals surface area contributed by atoms with E-state index >= 15 is 0 Å². The van der Waals surface area contributed by atoms with Crippen molar-refractivity contribution in [3.05, 3.63) is 64.3 Å². The van der Waals surface area contributed by atoms with Gasteiger partial charge in [0.1, 0.15) is 59.2 Å². The average molecular weight is 600 g/mol. The summed E-state index contributed by atoms with van der Waals surface area (Å²) in [6.45, 7) is -0.761. The highest BCUT2D eigenvalue weighted by atomic mass is 16.7. The molecule has 9 N–H and O–H groups in total. The van der Waals surface area contributed by atoms with Crippen LogP contribution in [0.5, 0.6) is 40.2 Å². The Kier molecular flexibility index (Phi) is 7.64. The van der Waals surface area contributed by atoms with E-state index in [0.29, 0.717) is 0 Å². The molecule has 43 heavy (non-hydrogen) atoms. The van der Waals surface area contributed by atoms with Crippen molar-refractivity contribution in [2.45, 2.75) is 30.7 Å². The predicted molar refractivity (Wildman–Crippen MR) is 142 cm³/mol. The number of esters is 1. The third-order valence-electron chi connectivity index (χ3n) is 6.63. The Morgan fingerprint density at radius 1 is 0.791 bits per heavy atom. The van der Waals surface area contributed by atoms with Crippen LogP contribution in [0.25, 0.3) is 22.3 Å². The maximum Gasteiger partial charge on any atom is 0.338 e. The minimum atomic E-state index is -1.97. The van der Waals surface area contributed by atoms with Gasteiger partial charge < -0.3 is 64.6 Å². The number of ether oxygens (including phenoxy) is 3. The second-order valence-corrected chi connectivity index (χ2v) is 9.57. The van der Waals surface area contributed by atoms with E-state index in [2.05, 4.69) is 0 Å². The Labute approximate surface area is 239 Å². The molecule has 1 aliphatic heterocycles. The summed E-state index contributed by atoms with van der Waals surface area (Å²) >= 11 is 0. The summed E-state index contributed by atoms with van der Waals surface area (Å²) in [6.07, 6.45) is -9.19. The van der Waals surface area contributed by atoms with Gasteiger partial charge in [-0.15, -0.1) is 0 Å². The Balaban J connectivity index is 1.47. The zero-order valence-electron chi connectivity index (χ0n) is 21.7. The maximum atomic E-state index is 13.5. The molecule has 0 saturated carbocycles. The predicted octanol–water partition coefficient (Wildman–Crippen LogP) is 0.737. The van der Waals surface area contributed by atoms with Crippen molar-refractivity contribution in [3.63, 3.8) is 0 Å². The minimum absolute atomic E-state index is 0.122. The van der Waals surface area contributed by atoms with Gasteiger partial charge >= 0.3 is 5.97 Å². The number of hydrogen-bond acceptors (Lipinski definition) is 15. The molecule has 0 bridgehead atoms. The van der Waals surface area contributed by atoms with Gasteiger partial charge in [-0.05, 0) is 36.4 Å². The van der Waals surface area contributed by atoms with Crippen molar-refractivity contribution in [2.24, 2.45) is 0 Å². The lowest BCUT2D eigenvalue weighted by molar-refractivity contribution is -0.277. The zero-order chi connectivity index (χ0) is 31.2. The first kappa shape index (κ1) is 29.3. The molecular formula is C28H24O15. The standard InChI is InChI=1S/C28H24O15/c29-12-3-1-10(2-4-12)25-26(22(36)19-14(31)7-13(30)8-17(19)41-25)43-28-24(38)23(37)21(35)18(42-28)9-40-27(39)11-5-15(32)20(34)16(33)6-11/h1-8,18,21,23-24,28-35,37-38H,9H2/t18-,21+,23+,24-,28+/m0/s1. The molecular weight excluding hydrogens is 576 g/mol. The van der Waals surface area contributed by atoms with Gasteiger partial charge in [-0.25, -0.2) is 4.79 Å². The SMILES string of the molecule is O=C(OC[C@@H]1O[C@H](Oc2c(-c3ccc(O)cc3)oc3cc(O)cc(O)c3c2=O)[C@@H](O)[C@H](O)[C@@H]1O)c1cc(O)c(O)c(O)c1. The lowest BCUT2D eigenvalue weighted by Gasteiger charge is -2.39. The smallest absolute Gasteiger partial charge is 0.338 e. The molecule has 1 aliphatic rings. The quantitative estimate of drug-likeness (QED) is 0.109. The van der Waals surface area contributed by atoms with Crippen molar-refractivity contribution in [1.82, 2.24) is 0 Å². The fourth-order valence-corrected chi connectivity index (χ4v) is 4.41. The molecule has 226 valence electrons. The van der Waals surface area contributed by atoms with Crippen molar-refractivity contribution >= 4 is 16.9 Å². The van der Waals surface area contributed by atoms with E-state index in [-0.39, 0.29) is 28.2 Å². The summed E-state index contributed by atoms with van der Waals surface area (Å²) in [5.41, 5.74) is -1.43. The first-order chi connectivity index (χ1) is 20.3. The lowest BCUT2D eigenvalue weighted by atomic mass is 9.99. The number of carbonyl (C=O) groups excluding carboxylic acids is 1. The second-order valence-electron chi connectivity index (χ2n) is 9.57. The number of aliphatic hydroxyl groups is 3. The van der Waals surface area contributed by atoms with Crippen LogP contribution in [0.4, 0.5) is 0 Å². The second kappa shape index (κ2) is 11.2. The van der Waals surface area contributed by atoms with Gasteiger partial charge in [-0.1, -0.05) is 0 Å². The summed E-state index contributed by atoms with van der Waals surface area (Å²) < 4.78 is 22.0. The highest BCUT2D eigenvalue weighted by Crippen LogP contribution is 2.38. The Hall–Kier alpha value is -5.22. The Morgan fingerprint density at radius 2 is 1.44 bits per heavy atom. The van der Waals surface area contributed by atoms with E-state index in [1.165, 1.54) is 24.3 Å². The van der Waals surface area contributed by atoms with E-state index in [0.717, 1.165) is 24.3 Å². The first-order valence-corrected chi connectivity index (χ1v) is 12.5. The number of rotatable bonds is 6. The molecule has 0 unspecified atom stereocenters. The van der Waals surface area contributed by atoms with Gasteiger partial charge in [-0.2, -0.15) is 0 Å². The van der Waals surface area contributed by atoms with Crippen molar-refractivity contribution in [2.75, 3.05) is 6.61 Å². The first-order valence-electron chi connectivity index (χ1n) is 12.5. The zero-order valence-corrected chi connectivity index (χ0v) is 21.7. The molecule has 1 saturated heterocycles. The van der Waals surface area contributed by atoms with Crippen molar-refractivity contribution in [3.8, 4) is 51.6 Å². The maximum absolute atomic E-state index is 13.5. The van der Waals surface area contributed by atoms with Crippen LogP contribution in [0, 0.1) is 0 Å². The fraction of sp³-hybridized carbons (Fsp3) is 0.214. The van der Waals surface area contributed by atoms with Crippen LogP contribution in [-0.4, -0.2) is 89.2 Å². The Bertz CT molecular complexity index is 1720. The molecule has 15 heteroatoms. The van der Waals surface area contributed by atoms with Crippen LogP contribution >= 0.6 is 0 Å². The van der Waals surface area contributed by atoms with Crippen LogP contribution in [0.1, 0.15) is 10.4 Å². The van der Waals surface area contributed by atoms with Crippen LogP contribution < -0.4 is 10.2 Å². The van der Waals surface area contributed by atoms with E-state index in [4.69, 9.17) is 18.6 Å². The number of carbonyl (C=O) groups is 1. The number of aromatic hydroxyl groups is 6. The molecule has 1 fully saturated rings. The third kappa shape index (κ3) is 5.52. The van der Waals surface area contributed by atoms with Crippen LogP contribution in [0.15, 0.2) is 57.7 Å². The number of benzene rings is 3. The van der Waals surface area contributed by atoms with Gasteiger partial charge in [0.05, 0.1) is 5.56 Å². The molecule has 1 aromatic heterocycles. The van der Waals surface area contributed by atoms with Gasteiger partial charge in [0.15, 0.2) is 23.0 Å². The number of phenolic OH excluding ortho intramolecular Hbond substituents is 6. The van der Waals surface area contributed by atoms with Gasteiger partial charge in [-0.3, -0.25) is 4.79 Å². The van der Waals surface area contributed by atoms with Crippen LogP contribution in [-0.2, 0) is 9.47 Å². The molecule has 0 radical (unpaired) electrons. The third-order valence-corrected chi connectivity index (χ3v) is 6.63. The number of phenols is 6. The normalized spacial score (nSPS) is 21.9. The molecule has 3 aromatic carbocycles. The molecule has 5 atom stereocenters. The fourth-order valence-electron chi connectivity index (χ4n) is 4.41. The monoisotopic (exact) mass is 600 g/mol. The Morgan fingerprint density at radius 3 is 2.09 bits per heavy atom. The highest BCUT2D eigenvalue weighted by molar-refractivity contribution is 5.91. The molecule has 4 aromatic rings. The van der Waals surface area contributed by atoms with Crippen LogP contribution in [0.3, 0.4) is 0 Å². The van der Waals surface area contributed by atoms with Crippen LogP contribution in [0.2, 0.25) is 0 Å². The van der Waals surface area contributed by atoms with Crippen molar-refractivity contribution in [1.29, 1.82) is 0 Å². The summed E-state index contributed by atoms with van der Waals surface area (Å²) in [5, 5.41) is 89.8. The average Bonchev–Trinajstić information content (AvgIpc) is 2.96. The topological polar surface area (TPSA) is 257 Å². The van der Waals surface area contributed by atoms with Gasteiger partial charge in [0.25, 0.3) is 0 Å². The summed E-state index contributed by atoms with van der Waals surface area (Å²) in [4.78, 5) is 26.0. The number of fused-ring (bicyclic) bond motifs is 1. The molecule has 5 rings (SSSR count). The minimum Gasteiger partial charge on any atom is -0.508 e.